The second-order valence-electron chi connectivity index (χ2n) is 3.95. The molecule has 0 atom stereocenters. The molecular weight excluding hydrogens is 180 g/mol. The lowest BCUT2D eigenvalue weighted by Crippen LogP contribution is -2.36. The van der Waals surface area contributed by atoms with Crippen molar-refractivity contribution in [3.63, 3.8) is 0 Å². The number of thiazole rings is 1. The molecule has 1 aliphatic heterocycles. The molecule has 1 aliphatic rings. The van der Waals surface area contributed by atoms with Crippen molar-refractivity contribution in [3.05, 3.63) is 16.1 Å². The number of hydrogen-bond acceptors (Lipinski definition) is 3. The van der Waals surface area contributed by atoms with Gasteiger partial charge in [-0.15, -0.1) is 11.3 Å². The Morgan fingerprint density at radius 1 is 1.54 bits per heavy atom. The van der Waals surface area contributed by atoms with E-state index in [9.17, 15) is 0 Å². The molecule has 0 N–H and O–H groups in total. The number of rotatable bonds is 3. The molecule has 1 aromatic rings. The van der Waals surface area contributed by atoms with Gasteiger partial charge in [-0.1, -0.05) is 13.8 Å². The van der Waals surface area contributed by atoms with Crippen LogP contribution in [-0.4, -0.2) is 23.0 Å². The second kappa shape index (κ2) is 3.76. The Kier molecular flexibility index (Phi) is 2.65. The standard InChI is InChI=1S/C10H16N2S/c1-8(2)9-7-13-10(11-9)6-12-4-3-5-12/h7-8H,3-6H2,1-2H3. The van der Waals surface area contributed by atoms with E-state index >= 15 is 0 Å². The van der Waals surface area contributed by atoms with Crippen molar-refractivity contribution in [2.24, 2.45) is 0 Å². The maximum Gasteiger partial charge on any atom is 0.107 e. The fourth-order valence-corrected chi connectivity index (χ4v) is 2.39. The Hall–Kier alpha value is -0.410. The lowest BCUT2D eigenvalue weighted by atomic mass is 10.2. The van der Waals surface area contributed by atoms with Gasteiger partial charge in [0.25, 0.3) is 0 Å². The van der Waals surface area contributed by atoms with Gasteiger partial charge in [-0.05, 0) is 25.4 Å². The summed E-state index contributed by atoms with van der Waals surface area (Å²) >= 11 is 1.80. The van der Waals surface area contributed by atoms with Crippen molar-refractivity contribution in [1.29, 1.82) is 0 Å². The summed E-state index contributed by atoms with van der Waals surface area (Å²) in [5.41, 5.74) is 1.25. The molecule has 0 saturated carbocycles. The maximum atomic E-state index is 4.61. The van der Waals surface area contributed by atoms with Gasteiger partial charge < -0.3 is 0 Å². The monoisotopic (exact) mass is 196 g/mol. The summed E-state index contributed by atoms with van der Waals surface area (Å²) in [7, 11) is 0. The predicted octanol–water partition coefficient (Wildman–Crippen LogP) is 2.47. The van der Waals surface area contributed by atoms with Gasteiger partial charge in [-0.25, -0.2) is 4.98 Å². The van der Waals surface area contributed by atoms with Crippen molar-refractivity contribution in [2.45, 2.75) is 32.7 Å². The molecule has 0 amide bonds. The van der Waals surface area contributed by atoms with E-state index < -0.39 is 0 Å². The van der Waals surface area contributed by atoms with Crippen LogP contribution in [0, 0.1) is 0 Å². The van der Waals surface area contributed by atoms with E-state index in [1.807, 2.05) is 0 Å². The average Bonchev–Trinajstić information content (AvgIpc) is 2.44. The van der Waals surface area contributed by atoms with Crippen LogP contribution < -0.4 is 0 Å². The van der Waals surface area contributed by atoms with Gasteiger partial charge in [-0.2, -0.15) is 0 Å². The van der Waals surface area contributed by atoms with Crippen molar-refractivity contribution in [3.8, 4) is 0 Å². The molecule has 1 saturated heterocycles. The summed E-state index contributed by atoms with van der Waals surface area (Å²) in [6.07, 6.45) is 1.36. The Morgan fingerprint density at radius 2 is 2.31 bits per heavy atom. The highest BCUT2D eigenvalue weighted by molar-refractivity contribution is 7.09. The second-order valence-corrected chi connectivity index (χ2v) is 4.89. The first-order valence-electron chi connectivity index (χ1n) is 4.92. The minimum absolute atomic E-state index is 0.571. The average molecular weight is 196 g/mol. The number of nitrogens with zero attached hydrogens (tertiary/aromatic N) is 2. The highest BCUT2D eigenvalue weighted by Gasteiger charge is 2.15. The molecule has 0 aliphatic carbocycles. The Bertz CT molecular complexity index is 276. The number of hydrogen-bond donors (Lipinski definition) is 0. The summed E-state index contributed by atoms with van der Waals surface area (Å²) < 4.78 is 0. The molecule has 1 fully saturated rings. The fraction of sp³-hybridized carbons (Fsp3) is 0.700. The van der Waals surface area contributed by atoms with E-state index in [0.717, 1.165) is 6.54 Å². The van der Waals surface area contributed by atoms with Crippen molar-refractivity contribution < 1.29 is 0 Å². The van der Waals surface area contributed by atoms with Crippen molar-refractivity contribution in [1.82, 2.24) is 9.88 Å². The van der Waals surface area contributed by atoms with Gasteiger partial charge in [0.15, 0.2) is 0 Å². The van der Waals surface area contributed by atoms with Crippen LogP contribution in [-0.2, 0) is 6.54 Å². The van der Waals surface area contributed by atoms with Crippen LogP contribution >= 0.6 is 11.3 Å². The predicted molar refractivity (Wildman–Crippen MR) is 56.1 cm³/mol. The quantitative estimate of drug-likeness (QED) is 0.738. The number of likely N-dealkylation sites (tertiary alicyclic amines) is 1. The molecule has 0 bridgehead atoms. The summed E-state index contributed by atoms with van der Waals surface area (Å²) in [6.45, 7) is 7.98. The molecule has 72 valence electrons. The van der Waals surface area contributed by atoms with Crippen molar-refractivity contribution >= 4 is 11.3 Å². The topological polar surface area (TPSA) is 16.1 Å². The highest BCUT2D eigenvalue weighted by atomic mass is 32.1. The summed E-state index contributed by atoms with van der Waals surface area (Å²) in [6, 6.07) is 0. The van der Waals surface area contributed by atoms with Gasteiger partial charge >= 0.3 is 0 Å². The lowest BCUT2D eigenvalue weighted by Gasteiger charge is -2.29. The zero-order valence-corrected chi connectivity index (χ0v) is 9.10. The van der Waals surface area contributed by atoms with Gasteiger partial charge in [-0.3, -0.25) is 4.90 Å². The van der Waals surface area contributed by atoms with Crippen LogP contribution in [0.2, 0.25) is 0 Å². The summed E-state index contributed by atoms with van der Waals surface area (Å²) in [5, 5.41) is 3.48. The molecule has 0 radical (unpaired) electrons. The molecule has 2 rings (SSSR count). The zero-order chi connectivity index (χ0) is 9.26. The normalized spacial score (nSPS) is 17.8. The fourth-order valence-electron chi connectivity index (χ4n) is 1.39. The Labute approximate surface area is 83.6 Å². The molecule has 13 heavy (non-hydrogen) atoms. The van der Waals surface area contributed by atoms with E-state index in [1.165, 1.54) is 30.2 Å². The largest absolute Gasteiger partial charge is 0.297 e. The van der Waals surface area contributed by atoms with Crippen LogP contribution in [0.5, 0.6) is 0 Å². The first-order chi connectivity index (χ1) is 6.25. The van der Waals surface area contributed by atoms with Gasteiger partial charge in [0.2, 0.25) is 0 Å². The third-order valence-corrected chi connectivity index (χ3v) is 3.32. The Morgan fingerprint density at radius 3 is 2.77 bits per heavy atom. The van der Waals surface area contributed by atoms with Crippen LogP contribution in [0.1, 0.15) is 36.9 Å². The third kappa shape index (κ3) is 2.09. The molecule has 3 heteroatoms. The van der Waals surface area contributed by atoms with Gasteiger partial charge in [0.1, 0.15) is 5.01 Å². The first-order valence-corrected chi connectivity index (χ1v) is 5.80. The van der Waals surface area contributed by atoms with E-state index in [4.69, 9.17) is 0 Å². The molecule has 0 aromatic carbocycles. The summed E-state index contributed by atoms with van der Waals surface area (Å²) in [4.78, 5) is 7.06. The molecule has 0 spiro atoms. The molecule has 0 unspecified atom stereocenters. The Balaban J connectivity index is 1.96. The zero-order valence-electron chi connectivity index (χ0n) is 8.29. The summed E-state index contributed by atoms with van der Waals surface area (Å²) in [5.74, 6) is 0.571. The lowest BCUT2D eigenvalue weighted by molar-refractivity contribution is 0.172. The highest BCUT2D eigenvalue weighted by Crippen LogP contribution is 2.20. The van der Waals surface area contributed by atoms with Gasteiger partial charge in [0.05, 0.1) is 12.2 Å². The van der Waals surface area contributed by atoms with E-state index in [1.54, 1.807) is 11.3 Å². The SMILES string of the molecule is CC(C)c1csc(CN2CCC2)n1. The maximum absolute atomic E-state index is 4.61. The van der Waals surface area contributed by atoms with Crippen LogP contribution in [0.4, 0.5) is 0 Å². The molecular formula is C10H16N2S. The smallest absolute Gasteiger partial charge is 0.107 e. The molecule has 2 nitrogen and oxygen atoms in total. The molecule has 2 heterocycles. The molecule has 1 aromatic heterocycles. The number of aromatic nitrogens is 1. The van der Waals surface area contributed by atoms with Crippen LogP contribution in [0.15, 0.2) is 5.38 Å². The van der Waals surface area contributed by atoms with E-state index in [0.29, 0.717) is 5.92 Å². The van der Waals surface area contributed by atoms with Crippen LogP contribution in [0.3, 0.4) is 0 Å². The van der Waals surface area contributed by atoms with E-state index in [-0.39, 0.29) is 0 Å². The minimum atomic E-state index is 0.571. The third-order valence-electron chi connectivity index (χ3n) is 2.47. The van der Waals surface area contributed by atoms with Crippen molar-refractivity contribution in [2.75, 3.05) is 13.1 Å². The van der Waals surface area contributed by atoms with E-state index in [2.05, 4.69) is 29.1 Å². The van der Waals surface area contributed by atoms with Crippen LogP contribution in [0.25, 0.3) is 0 Å². The van der Waals surface area contributed by atoms with Gasteiger partial charge in [0, 0.05) is 5.38 Å². The minimum Gasteiger partial charge on any atom is -0.297 e. The first kappa shape index (κ1) is 9.16.